The zero-order valence-corrected chi connectivity index (χ0v) is 16.1. The van der Waals surface area contributed by atoms with E-state index in [0.29, 0.717) is 35.3 Å². The Morgan fingerprint density at radius 2 is 1.92 bits per heavy atom. The summed E-state index contributed by atoms with van der Waals surface area (Å²) in [5.74, 6) is 0.286. The van der Waals surface area contributed by atoms with E-state index < -0.39 is 10.0 Å². The molecule has 0 unspecified atom stereocenters. The molecule has 2 aromatic rings. The quantitative estimate of drug-likeness (QED) is 0.854. The molecule has 0 spiro atoms. The van der Waals surface area contributed by atoms with Gasteiger partial charge in [-0.3, -0.25) is 9.52 Å². The molecule has 3 rings (SSSR count). The molecule has 7 heteroatoms. The SMILES string of the molecule is C[C@@H]1CCCN(C(=O)c2cc(NS(=O)(=O)c3ccccc3)ccc2Cl)C1. The summed E-state index contributed by atoms with van der Waals surface area (Å²) in [6, 6.07) is 12.7. The molecular weight excluding hydrogens is 372 g/mol. The molecule has 0 radical (unpaired) electrons. The molecule has 5 nitrogen and oxygen atoms in total. The van der Waals surface area contributed by atoms with Crippen LogP contribution in [0.1, 0.15) is 30.1 Å². The van der Waals surface area contributed by atoms with Gasteiger partial charge in [-0.2, -0.15) is 0 Å². The van der Waals surface area contributed by atoms with Crippen LogP contribution in [-0.4, -0.2) is 32.3 Å². The number of anilines is 1. The molecule has 1 N–H and O–H groups in total. The van der Waals surface area contributed by atoms with E-state index in [1.165, 1.54) is 18.2 Å². The Labute approximate surface area is 159 Å². The third kappa shape index (κ3) is 4.19. The number of hydrogen-bond donors (Lipinski definition) is 1. The Kier molecular flexibility index (Phi) is 5.53. The molecule has 0 bridgehead atoms. The number of carbonyl (C=O) groups is 1. The second-order valence-corrected chi connectivity index (χ2v) is 8.70. The number of piperidine rings is 1. The third-order valence-corrected chi connectivity index (χ3v) is 6.17. The molecule has 2 aromatic carbocycles. The van der Waals surface area contributed by atoms with Gasteiger partial charge in [0.2, 0.25) is 0 Å². The van der Waals surface area contributed by atoms with Crippen LogP contribution in [0, 0.1) is 5.92 Å². The number of likely N-dealkylation sites (tertiary alicyclic amines) is 1. The van der Waals surface area contributed by atoms with E-state index in [1.54, 1.807) is 35.2 Å². The minimum absolute atomic E-state index is 0.160. The summed E-state index contributed by atoms with van der Waals surface area (Å²) < 4.78 is 27.5. The molecule has 1 atom stereocenters. The van der Waals surface area contributed by atoms with Gasteiger partial charge in [-0.05, 0) is 49.1 Å². The summed E-state index contributed by atoms with van der Waals surface area (Å²) in [6.45, 7) is 3.50. The molecular formula is C19H21ClN2O3S. The lowest BCUT2D eigenvalue weighted by Crippen LogP contribution is -2.39. The summed E-state index contributed by atoms with van der Waals surface area (Å²) >= 11 is 6.21. The summed E-state index contributed by atoms with van der Waals surface area (Å²) in [4.78, 5) is 14.8. The molecule has 1 amide bonds. The van der Waals surface area contributed by atoms with Crippen molar-refractivity contribution in [3.63, 3.8) is 0 Å². The van der Waals surface area contributed by atoms with Gasteiger partial charge < -0.3 is 4.90 Å². The number of hydrogen-bond acceptors (Lipinski definition) is 3. The summed E-state index contributed by atoms with van der Waals surface area (Å²) in [5, 5.41) is 0.316. The highest BCUT2D eigenvalue weighted by Gasteiger charge is 2.24. The number of nitrogens with zero attached hydrogens (tertiary/aromatic N) is 1. The average molecular weight is 393 g/mol. The van der Waals surface area contributed by atoms with E-state index in [-0.39, 0.29) is 10.8 Å². The molecule has 1 fully saturated rings. The molecule has 0 aromatic heterocycles. The monoisotopic (exact) mass is 392 g/mol. The van der Waals surface area contributed by atoms with Crippen LogP contribution in [0.3, 0.4) is 0 Å². The van der Waals surface area contributed by atoms with Crippen LogP contribution < -0.4 is 4.72 Å². The normalized spacial score (nSPS) is 17.8. The first kappa shape index (κ1) is 18.7. The van der Waals surface area contributed by atoms with Gasteiger partial charge in [-0.1, -0.05) is 36.7 Å². The molecule has 1 heterocycles. The average Bonchev–Trinajstić information content (AvgIpc) is 2.63. The Hall–Kier alpha value is -2.05. The number of carbonyl (C=O) groups excluding carboxylic acids is 1. The van der Waals surface area contributed by atoms with E-state index in [9.17, 15) is 13.2 Å². The second kappa shape index (κ2) is 7.68. The number of rotatable bonds is 4. The van der Waals surface area contributed by atoms with Crippen molar-refractivity contribution < 1.29 is 13.2 Å². The fraction of sp³-hybridized carbons (Fsp3) is 0.316. The van der Waals surface area contributed by atoms with Gasteiger partial charge in [0.05, 0.1) is 15.5 Å². The molecule has 1 aliphatic heterocycles. The van der Waals surface area contributed by atoms with Gasteiger partial charge in [0, 0.05) is 18.8 Å². The molecule has 1 aliphatic rings. The number of nitrogens with one attached hydrogen (secondary N) is 1. The third-order valence-electron chi connectivity index (χ3n) is 4.45. The topological polar surface area (TPSA) is 66.5 Å². The predicted molar refractivity (Wildman–Crippen MR) is 103 cm³/mol. The van der Waals surface area contributed by atoms with Crippen LogP contribution in [0.2, 0.25) is 5.02 Å². The van der Waals surface area contributed by atoms with Crippen molar-refractivity contribution in [1.82, 2.24) is 4.90 Å². The molecule has 138 valence electrons. The zero-order chi connectivity index (χ0) is 18.7. The van der Waals surface area contributed by atoms with Crippen molar-refractivity contribution in [3.05, 3.63) is 59.1 Å². The van der Waals surface area contributed by atoms with Crippen LogP contribution in [0.15, 0.2) is 53.4 Å². The first-order valence-electron chi connectivity index (χ1n) is 8.53. The van der Waals surface area contributed by atoms with Gasteiger partial charge in [0.15, 0.2) is 0 Å². The van der Waals surface area contributed by atoms with Crippen molar-refractivity contribution in [2.75, 3.05) is 17.8 Å². The zero-order valence-electron chi connectivity index (χ0n) is 14.5. The largest absolute Gasteiger partial charge is 0.338 e. The van der Waals surface area contributed by atoms with E-state index in [4.69, 9.17) is 11.6 Å². The van der Waals surface area contributed by atoms with E-state index in [2.05, 4.69) is 11.6 Å². The number of sulfonamides is 1. The van der Waals surface area contributed by atoms with Crippen LogP contribution in [0.5, 0.6) is 0 Å². The van der Waals surface area contributed by atoms with Gasteiger partial charge in [0.25, 0.3) is 15.9 Å². The van der Waals surface area contributed by atoms with E-state index in [1.807, 2.05) is 0 Å². The highest BCUT2D eigenvalue weighted by Crippen LogP contribution is 2.26. The lowest BCUT2D eigenvalue weighted by Gasteiger charge is -2.31. The van der Waals surface area contributed by atoms with Crippen LogP contribution in [-0.2, 0) is 10.0 Å². The van der Waals surface area contributed by atoms with Crippen LogP contribution >= 0.6 is 11.6 Å². The van der Waals surface area contributed by atoms with Gasteiger partial charge >= 0.3 is 0 Å². The van der Waals surface area contributed by atoms with Crippen LogP contribution in [0.4, 0.5) is 5.69 Å². The summed E-state index contributed by atoms with van der Waals surface area (Å²) in [5.41, 5.74) is 0.626. The standard InChI is InChI=1S/C19H21ClN2O3S/c1-14-6-5-11-22(13-14)19(23)17-12-15(9-10-18(17)20)21-26(24,25)16-7-3-2-4-8-16/h2-4,7-10,12,14,21H,5-6,11,13H2,1H3/t14-/m1/s1. The Bertz CT molecular complexity index is 900. The predicted octanol–water partition coefficient (Wildman–Crippen LogP) is 4.01. The maximum Gasteiger partial charge on any atom is 0.261 e. The Morgan fingerprint density at radius 3 is 2.62 bits per heavy atom. The van der Waals surface area contributed by atoms with Crippen molar-refractivity contribution in [3.8, 4) is 0 Å². The van der Waals surface area contributed by atoms with E-state index in [0.717, 1.165) is 12.8 Å². The molecule has 1 saturated heterocycles. The first-order chi connectivity index (χ1) is 12.4. The maximum absolute atomic E-state index is 12.8. The summed E-state index contributed by atoms with van der Waals surface area (Å²) in [6.07, 6.45) is 2.07. The lowest BCUT2D eigenvalue weighted by molar-refractivity contribution is 0.0683. The van der Waals surface area contributed by atoms with E-state index >= 15 is 0 Å². The molecule has 0 saturated carbocycles. The molecule has 0 aliphatic carbocycles. The minimum Gasteiger partial charge on any atom is -0.338 e. The fourth-order valence-corrected chi connectivity index (χ4v) is 4.38. The van der Waals surface area contributed by atoms with Crippen molar-refractivity contribution >= 4 is 33.2 Å². The maximum atomic E-state index is 12.8. The van der Waals surface area contributed by atoms with Gasteiger partial charge in [-0.15, -0.1) is 0 Å². The first-order valence-corrected chi connectivity index (χ1v) is 10.4. The fourth-order valence-electron chi connectivity index (χ4n) is 3.11. The number of amides is 1. The highest BCUT2D eigenvalue weighted by atomic mass is 35.5. The Morgan fingerprint density at radius 1 is 1.19 bits per heavy atom. The molecule has 26 heavy (non-hydrogen) atoms. The minimum atomic E-state index is -3.72. The number of halogens is 1. The van der Waals surface area contributed by atoms with Crippen molar-refractivity contribution in [1.29, 1.82) is 0 Å². The smallest absolute Gasteiger partial charge is 0.261 e. The van der Waals surface area contributed by atoms with Gasteiger partial charge in [-0.25, -0.2) is 8.42 Å². The summed E-state index contributed by atoms with van der Waals surface area (Å²) in [7, 11) is -3.72. The Balaban J connectivity index is 1.85. The lowest BCUT2D eigenvalue weighted by atomic mass is 9.99. The highest BCUT2D eigenvalue weighted by molar-refractivity contribution is 7.92. The van der Waals surface area contributed by atoms with Gasteiger partial charge in [0.1, 0.15) is 0 Å². The van der Waals surface area contributed by atoms with Crippen LogP contribution in [0.25, 0.3) is 0 Å². The van der Waals surface area contributed by atoms with Crippen molar-refractivity contribution in [2.24, 2.45) is 5.92 Å². The number of benzene rings is 2. The van der Waals surface area contributed by atoms with Crippen molar-refractivity contribution in [2.45, 2.75) is 24.7 Å². The second-order valence-electron chi connectivity index (χ2n) is 6.61.